The number of nitrogens with one attached hydrogen (secondary N) is 1. The van der Waals surface area contributed by atoms with Crippen molar-refractivity contribution in [1.29, 1.82) is 5.26 Å². The van der Waals surface area contributed by atoms with E-state index in [0.29, 0.717) is 31.9 Å². The normalized spacial score (nSPS) is 43.4. The fraction of sp³-hybridized carbons (Fsp3) is 0.800. The molecule has 5 aliphatic rings. The zero-order valence-corrected chi connectivity index (χ0v) is 26.9. The van der Waals surface area contributed by atoms with Crippen molar-refractivity contribution in [2.75, 3.05) is 26.3 Å². The molecule has 0 saturated heterocycles. The highest BCUT2D eigenvalue weighted by Crippen LogP contribution is 2.74. The predicted molar refractivity (Wildman–Crippen MR) is 163 cm³/mol. The Balaban J connectivity index is 1.58. The van der Waals surface area contributed by atoms with Crippen molar-refractivity contribution >= 4 is 11.7 Å². The quantitative estimate of drug-likeness (QED) is 0.377. The number of amides is 1. The lowest BCUT2D eigenvalue weighted by Gasteiger charge is -2.69. The van der Waals surface area contributed by atoms with Crippen molar-refractivity contribution in [3.8, 4) is 6.07 Å². The van der Waals surface area contributed by atoms with Crippen molar-refractivity contribution < 1.29 is 19.4 Å². The summed E-state index contributed by atoms with van der Waals surface area (Å²) in [6.07, 6.45) is 9.17. The summed E-state index contributed by atoms with van der Waals surface area (Å²) in [7, 11) is 0. The number of rotatable bonds is 6. The average molecular weight is 580 g/mol. The van der Waals surface area contributed by atoms with Gasteiger partial charge in [-0.15, -0.1) is 0 Å². The van der Waals surface area contributed by atoms with Crippen LogP contribution >= 0.6 is 0 Å². The van der Waals surface area contributed by atoms with E-state index in [2.05, 4.69) is 59.9 Å². The van der Waals surface area contributed by atoms with Gasteiger partial charge in [0, 0.05) is 24.4 Å². The predicted octanol–water partition coefficient (Wildman–Crippen LogP) is 5.09. The first-order valence-corrected chi connectivity index (χ1v) is 16.2. The van der Waals surface area contributed by atoms with E-state index in [9.17, 15) is 20.0 Å². The maximum Gasteiger partial charge on any atom is 0.226 e. The van der Waals surface area contributed by atoms with Gasteiger partial charge in [0.2, 0.25) is 5.91 Å². The minimum atomic E-state index is -0.813. The van der Waals surface area contributed by atoms with Crippen molar-refractivity contribution in [3.05, 3.63) is 23.3 Å². The molecule has 3 fully saturated rings. The topological polar surface area (TPSA) is 125 Å². The van der Waals surface area contributed by atoms with Crippen LogP contribution in [0, 0.1) is 61.6 Å². The van der Waals surface area contributed by atoms with Crippen LogP contribution in [0.25, 0.3) is 0 Å². The molecule has 7 nitrogen and oxygen atoms in total. The van der Waals surface area contributed by atoms with Crippen LogP contribution in [-0.2, 0) is 14.3 Å². The highest BCUT2D eigenvalue weighted by atomic mass is 16.5. The molecule has 8 unspecified atom stereocenters. The third kappa shape index (κ3) is 4.30. The summed E-state index contributed by atoms with van der Waals surface area (Å²) in [5, 5.41) is 24.3. The molecule has 0 aliphatic heterocycles. The maximum absolute atomic E-state index is 14.6. The SMILES string of the molecule is CC1(C)CCC2(C(=O)NCCOCCN)CCC3(C)C(C(=O)C=C4C5(C)C=C(C#N)C(O)C(C)(C)C5CCC43C)C2C1. The van der Waals surface area contributed by atoms with Crippen LogP contribution in [0.4, 0.5) is 0 Å². The molecule has 1 amide bonds. The molecule has 0 spiro atoms. The molecule has 232 valence electrons. The van der Waals surface area contributed by atoms with Gasteiger partial charge in [0.25, 0.3) is 0 Å². The largest absolute Gasteiger partial charge is 0.387 e. The third-order valence-corrected chi connectivity index (χ3v) is 13.3. The number of fused-ring (bicyclic) bond motifs is 7. The van der Waals surface area contributed by atoms with E-state index in [1.165, 1.54) is 0 Å². The number of ketones is 1. The van der Waals surface area contributed by atoms with E-state index in [4.69, 9.17) is 10.5 Å². The Bertz CT molecular complexity index is 1240. The first-order chi connectivity index (χ1) is 19.5. The number of ether oxygens (including phenoxy) is 1. The van der Waals surface area contributed by atoms with Crippen LogP contribution in [-0.4, -0.2) is 49.2 Å². The number of nitrogens with two attached hydrogens (primary N) is 1. The van der Waals surface area contributed by atoms with E-state index < -0.39 is 22.3 Å². The van der Waals surface area contributed by atoms with E-state index >= 15 is 0 Å². The van der Waals surface area contributed by atoms with E-state index in [1.807, 2.05) is 12.2 Å². The Morgan fingerprint density at radius 2 is 1.79 bits per heavy atom. The van der Waals surface area contributed by atoms with Gasteiger partial charge in [-0.2, -0.15) is 5.26 Å². The average Bonchev–Trinajstić information content (AvgIpc) is 2.91. The third-order valence-electron chi connectivity index (χ3n) is 13.3. The van der Waals surface area contributed by atoms with Crippen LogP contribution in [0.2, 0.25) is 0 Å². The molecule has 0 aromatic heterocycles. The molecule has 4 N–H and O–H groups in total. The number of allylic oxidation sites excluding steroid dienone is 3. The number of nitriles is 1. The molecule has 8 atom stereocenters. The molecular weight excluding hydrogens is 526 g/mol. The number of carbonyl (C=O) groups excluding carboxylic acids is 2. The zero-order valence-electron chi connectivity index (χ0n) is 26.9. The minimum absolute atomic E-state index is 0.0348. The summed E-state index contributed by atoms with van der Waals surface area (Å²) >= 11 is 0. The number of aliphatic hydroxyl groups is 1. The summed E-state index contributed by atoms with van der Waals surface area (Å²) in [6.45, 7) is 17.4. The molecule has 0 aromatic rings. The molecule has 0 radical (unpaired) electrons. The van der Waals surface area contributed by atoms with Gasteiger partial charge in [-0.3, -0.25) is 9.59 Å². The minimum Gasteiger partial charge on any atom is -0.387 e. The lowest BCUT2D eigenvalue weighted by molar-refractivity contribution is -0.179. The van der Waals surface area contributed by atoms with Crippen molar-refractivity contribution in [1.82, 2.24) is 5.32 Å². The highest BCUT2D eigenvalue weighted by Gasteiger charge is 2.70. The van der Waals surface area contributed by atoms with E-state index in [0.717, 1.165) is 50.5 Å². The monoisotopic (exact) mass is 579 g/mol. The van der Waals surface area contributed by atoms with Crippen LogP contribution in [0.15, 0.2) is 23.3 Å². The lowest BCUT2D eigenvalue weighted by atomic mass is 9.34. The van der Waals surface area contributed by atoms with Gasteiger partial charge in [-0.25, -0.2) is 0 Å². The Kier molecular flexibility index (Phi) is 7.69. The molecule has 7 heteroatoms. The first kappa shape index (κ1) is 31.4. The molecule has 5 aliphatic carbocycles. The van der Waals surface area contributed by atoms with Crippen LogP contribution in [0.3, 0.4) is 0 Å². The van der Waals surface area contributed by atoms with Crippen molar-refractivity contribution in [2.45, 2.75) is 99.5 Å². The van der Waals surface area contributed by atoms with Gasteiger partial charge in [0.05, 0.1) is 36.4 Å². The molecule has 3 saturated carbocycles. The second-order valence-corrected chi connectivity index (χ2v) is 16.3. The second-order valence-electron chi connectivity index (χ2n) is 16.3. The molecule has 0 heterocycles. The van der Waals surface area contributed by atoms with Crippen molar-refractivity contribution in [2.24, 2.45) is 56.0 Å². The fourth-order valence-electron chi connectivity index (χ4n) is 10.8. The van der Waals surface area contributed by atoms with Crippen molar-refractivity contribution in [3.63, 3.8) is 0 Å². The summed E-state index contributed by atoms with van der Waals surface area (Å²) in [5.74, 6) is 0.0731. The lowest BCUT2D eigenvalue weighted by Crippen LogP contribution is -2.66. The van der Waals surface area contributed by atoms with E-state index in [-0.39, 0.29) is 45.7 Å². The fourth-order valence-corrected chi connectivity index (χ4v) is 10.8. The molecule has 42 heavy (non-hydrogen) atoms. The Morgan fingerprint density at radius 3 is 2.45 bits per heavy atom. The Hall–Kier alpha value is -2.01. The van der Waals surface area contributed by atoms with Gasteiger partial charge in [-0.1, -0.05) is 60.1 Å². The van der Waals surface area contributed by atoms with Crippen LogP contribution in [0.1, 0.15) is 93.4 Å². The standard InChI is InChI=1S/C35H53N3O4/c1-30(2)10-12-35(29(41)38-15-17-42-16-14-36)13-11-34(7)27(23(35)20-30)24(39)18-26-32(5)19-22(21-37)28(40)31(3,4)25(32)8-9-33(26,34)6/h18-19,23,25,27-28,40H,8-17,20,36H2,1-7H3,(H,38,41). The summed E-state index contributed by atoms with van der Waals surface area (Å²) in [4.78, 5) is 28.7. The van der Waals surface area contributed by atoms with Gasteiger partial charge >= 0.3 is 0 Å². The number of nitrogens with zero attached hydrogens (tertiary/aromatic N) is 1. The number of carbonyl (C=O) groups is 2. The van der Waals surface area contributed by atoms with Gasteiger partial charge in [0.1, 0.15) is 0 Å². The molecule has 5 rings (SSSR count). The summed E-state index contributed by atoms with van der Waals surface area (Å²) in [6, 6.07) is 2.28. The number of aliphatic hydroxyl groups excluding tert-OH is 1. The van der Waals surface area contributed by atoms with Gasteiger partial charge in [-0.05, 0) is 84.5 Å². The summed E-state index contributed by atoms with van der Waals surface area (Å²) < 4.78 is 5.53. The Labute approximate surface area is 252 Å². The number of hydrogen-bond donors (Lipinski definition) is 3. The second kappa shape index (κ2) is 10.3. The molecule has 0 aromatic carbocycles. The maximum atomic E-state index is 14.6. The Morgan fingerprint density at radius 1 is 1.10 bits per heavy atom. The zero-order chi connectivity index (χ0) is 30.9. The van der Waals surface area contributed by atoms with Crippen LogP contribution < -0.4 is 11.1 Å². The van der Waals surface area contributed by atoms with Gasteiger partial charge < -0.3 is 20.9 Å². The molecular formula is C35H53N3O4. The van der Waals surface area contributed by atoms with Gasteiger partial charge in [0.15, 0.2) is 5.78 Å². The summed E-state index contributed by atoms with van der Waals surface area (Å²) in [5.41, 5.74) is 5.03. The first-order valence-electron chi connectivity index (χ1n) is 16.2. The van der Waals surface area contributed by atoms with Crippen LogP contribution in [0.5, 0.6) is 0 Å². The van der Waals surface area contributed by atoms with E-state index in [1.54, 1.807) is 0 Å². The molecule has 0 bridgehead atoms. The highest BCUT2D eigenvalue weighted by molar-refractivity contribution is 5.96. The smallest absolute Gasteiger partial charge is 0.226 e. The number of hydrogen-bond acceptors (Lipinski definition) is 6.